The predicted octanol–water partition coefficient (Wildman–Crippen LogP) is 1.35. The summed E-state index contributed by atoms with van der Waals surface area (Å²) in [4.78, 5) is 26.3. The Labute approximate surface area is 148 Å². The van der Waals surface area contributed by atoms with Crippen LogP contribution in [0.15, 0.2) is 0 Å². The van der Waals surface area contributed by atoms with Crippen molar-refractivity contribution in [2.75, 3.05) is 61.3 Å². The molecule has 0 saturated carbocycles. The van der Waals surface area contributed by atoms with Crippen LogP contribution in [0.4, 0.5) is 23.3 Å². The summed E-state index contributed by atoms with van der Waals surface area (Å²) in [5.74, 6) is 1.33. The molecule has 0 radical (unpaired) electrons. The number of aromatic nitrogens is 2. The number of anilines is 3. The van der Waals surface area contributed by atoms with Gasteiger partial charge in [-0.05, 0) is 25.3 Å². The van der Waals surface area contributed by atoms with Gasteiger partial charge in [0.25, 0.3) is 0 Å². The number of piperidine rings is 1. The van der Waals surface area contributed by atoms with E-state index in [2.05, 4.69) is 33.6 Å². The third kappa shape index (κ3) is 3.76. The Morgan fingerprint density at radius 2 is 1.92 bits per heavy atom. The first kappa shape index (κ1) is 17.7. The van der Waals surface area contributed by atoms with Crippen molar-refractivity contribution in [2.45, 2.75) is 26.7 Å². The lowest BCUT2D eigenvalue weighted by molar-refractivity contribution is -0.383. The average Bonchev–Trinajstić information content (AvgIpc) is 2.60. The molecular formula is C16H27N7O2. The number of hydrogen-bond acceptors (Lipinski definition) is 8. The Morgan fingerprint density at radius 3 is 2.52 bits per heavy atom. The summed E-state index contributed by atoms with van der Waals surface area (Å²) in [6, 6.07) is 0. The van der Waals surface area contributed by atoms with E-state index in [0.29, 0.717) is 17.7 Å². The lowest BCUT2D eigenvalue weighted by Crippen LogP contribution is -2.47. The third-order valence-electron chi connectivity index (χ3n) is 5.12. The quantitative estimate of drug-likeness (QED) is 0.641. The second-order valence-corrected chi connectivity index (χ2v) is 6.95. The number of nitrogens with zero attached hydrogens (tertiary/aromatic N) is 6. The molecule has 2 saturated heterocycles. The second kappa shape index (κ2) is 7.38. The van der Waals surface area contributed by atoms with Gasteiger partial charge in [0, 0.05) is 39.3 Å². The molecule has 2 aliphatic heterocycles. The van der Waals surface area contributed by atoms with Gasteiger partial charge in [0.05, 0.1) is 4.92 Å². The van der Waals surface area contributed by atoms with Crippen LogP contribution >= 0.6 is 0 Å². The molecule has 0 unspecified atom stereocenters. The lowest BCUT2D eigenvalue weighted by atomic mass is 10.0. The fourth-order valence-electron chi connectivity index (χ4n) is 3.63. The van der Waals surface area contributed by atoms with Gasteiger partial charge in [-0.3, -0.25) is 10.1 Å². The Hall–Kier alpha value is -2.16. The van der Waals surface area contributed by atoms with Gasteiger partial charge < -0.3 is 20.4 Å². The molecule has 1 aromatic rings. The molecule has 138 valence electrons. The van der Waals surface area contributed by atoms with E-state index in [1.54, 1.807) is 0 Å². The molecular weight excluding hydrogens is 322 g/mol. The molecule has 0 bridgehead atoms. The van der Waals surface area contributed by atoms with E-state index in [1.165, 1.54) is 0 Å². The molecule has 9 heteroatoms. The molecule has 0 aliphatic carbocycles. The van der Waals surface area contributed by atoms with E-state index in [1.807, 2.05) is 4.90 Å². The standard InChI is InChI=1S/C16H27N7O2/c1-3-20-7-9-21(10-8-20)16-18-14(17)13(23(24)25)15(19-16)22-6-4-5-12(2)11-22/h12H,3-11H2,1-2H3,(H2,17,18,19)/t12-/m1/s1. The minimum absolute atomic E-state index is 0.0406. The second-order valence-electron chi connectivity index (χ2n) is 6.95. The molecule has 2 N–H and O–H groups in total. The molecule has 0 spiro atoms. The van der Waals surface area contributed by atoms with Crippen molar-refractivity contribution in [2.24, 2.45) is 5.92 Å². The number of nitrogen functional groups attached to an aromatic ring is 1. The van der Waals surface area contributed by atoms with Crippen LogP contribution in [0.1, 0.15) is 26.7 Å². The molecule has 1 atom stereocenters. The van der Waals surface area contributed by atoms with Crippen molar-refractivity contribution in [3.05, 3.63) is 10.1 Å². The summed E-state index contributed by atoms with van der Waals surface area (Å²) in [5, 5.41) is 11.5. The highest BCUT2D eigenvalue weighted by atomic mass is 16.6. The van der Waals surface area contributed by atoms with E-state index in [-0.39, 0.29) is 11.5 Å². The van der Waals surface area contributed by atoms with Gasteiger partial charge in [0.15, 0.2) is 0 Å². The third-order valence-corrected chi connectivity index (χ3v) is 5.12. The zero-order valence-corrected chi connectivity index (χ0v) is 15.0. The number of likely N-dealkylation sites (N-methyl/N-ethyl adjacent to an activating group) is 1. The Kier molecular flexibility index (Phi) is 5.22. The Morgan fingerprint density at radius 1 is 1.20 bits per heavy atom. The molecule has 2 aliphatic rings. The van der Waals surface area contributed by atoms with Gasteiger partial charge in [-0.25, -0.2) is 0 Å². The number of nitrogens with two attached hydrogens (primary N) is 1. The van der Waals surface area contributed by atoms with Gasteiger partial charge in [-0.15, -0.1) is 0 Å². The first-order valence-corrected chi connectivity index (χ1v) is 9.03. The van der Waals surface area contributed by atoms with E-state index in [4.69, 9.17) is 5.73 Å². The van der Waals surface area contributed by atoms with Crippen LogP contribution in [0.3, 0.4) is 0 Å². The Balaban J connectivity index is 1.92. The normalized spacial score (nSPS) is 22.2. The summed E-state index contributed by atoms with van der Waals surface area (Å²) in [7, 11) is 0. The first-order valence-electron chi connectivity index (χ1n) is 9.03. The van der Waals surface area contributed by atoms with Crippen molar-refractivity contribution in [3.8, 4) is 0 Å². The van der Waals surface area contributed by atoms with Crippen molar-refractivity contribution in [1.29, 1.82) is 0 Å². The number of rotatable bonds is 4. The molecule has 0 aromatic carbocycles. The van der Waals surface area contributed by atoms with Gasteiger partial charge in [-0.1, -0.05) is 13.8 Å². The van der Waals surface area contributed by atoms with Crippen LogP contribution < -0.4 is 15.5 Å². The van der Waals surface area contributed by atoms with E-state index in [0.717, 1.165) is 58.7 Å². The maximum absolute atomic E-state index is 11.5. The number of hydrogen-bond donors (Lipinski definition) is 1. The number of nitro groups is 1. The summed E-state index contributed by atoms with van der Waals surface area (Å²) in [5.41, 5.74) is 5.81. The van der Waals surface area contributed by atoms with Crippen molar-refractivity contribution < 1.29 is 4.92 Å². The Bertz CT molecular complexity index is 631. The molecule has 1 aromatic heterocycles. The highest BCUT2D eigenvalue weighted by Gasteiger charge is 2.31. The summed E-state index contributed by atoms with van der Waals surface area (Å²) >= 11 is 0. The maximum atomic E-state index is 11.5. The molecule has 0 amide bonds. The zero-order valence-electron chi connectivity index (χ0n) is 15.0. The predicted molar refractivity (Wildman–Crippen MR) is 98.0 cm³/mol. The van der Waals surface area contributed by atoms with E-state index in [9.17, 15) is 10.1 Å². The topological polar surface area (TPSA) is 105 Å². The lowest BCUT2D eigenvalue weighted by Gasteiger charge is -2.35. The van der Waals surface area contributed by atoms with Crippen LogP contribution in [-0.2, 0) is 0 Å². The molecule has 2 fully saturated rings. The van der Waals surface area contributed by atoms with Crippen molar-refractivity contribution in [3.63, 3.8) is 0 Å². The smallest absolute Gasteiger partial charge is 0.353 e. The van der Waals surface area contributed by atoms with Gasteiger partial charge in [0.1, 0.15) is 0 Å². The van der Waals surface area contributed by atoms with Crippen LogP contribution in [0.2, 0.25) is 0 Å². The highest BCUT2D eigenvalue weighted by molar-refractivity contribution is 5.71. The minimum Gasteiger partial charge on any atom is -0.378 e. The van der Waals surface area contributed by atoms with Crippen LogP contribution in [-0.4, -0.2) is 65.6 Å². The first-order chi connectivity index (χ1) is 12.0. The number of piperazine rings is 1. The van der Waals surface area contributed by atoms with E-state index >= 15 is 0 Å². The molecule has 3 heterocycles. The van der Waals surface area contributed by atoms with Crippen LogP contribution in [0.25, 0.3) is 0 Å². The van der Waals surface area contributed by atoms with Crippen LogP contribution in [0, 0.1) is 16.0 Å². The van der Waals surface area contributed by atoms with Gasteiger partial charge >= 0.3 is 5.69 Å². The summed E-state index contributed by atoms with van der Waals surface area (Å²) in [6.07, 6.45) is 2.14. The highest BCUT2D eigenvalue weighted by Crippen LogP contribution is 2.35. The average molecular weight is 349 g/mol. The zero-order chi connectivity index (χ0) is 18.0. The van der Waals surface area contributed by atoms with E-state index < -0.39 is 4.92 Å². The molecule has 3 rings (SSSR count). The molecule has 9 nitrogen and oxygen atoms in total. The SMILES string of the molecule is CCN1CCN(c2nc(N)c([N+](=O)[O-])c(N3CCC[C@@H](C)C3)n2)CC1. The largest absolute Gasteiger partial charge is 0.378 e. The van der Waals surface area contributed by atoms with Crippen molar-refractivity contribution >= 4 is 23.3 Å². The van der Waals surface area contributed by atoms with Gasteiger partial charge in [-0.2, -0.15) is 9.97 Å². The monoisotopic (exact) mass is 349 g/mol. The van der Waals surface area contributed by atoms with Crippen molar-refractivity contribution in [1.82, 2.24) is 14.9 Å². The minimum atomic E-state index is -0.456. The van der Waals surface area contributed by atoms with Gasteiger partial charge in [0.2, 0.25) is 17.6 Å². The fraction of sp³-hybridized carbons (Fsp3) is 0.750. The molecule has 25 heavy (non-hydrogen) atoms. The maximum Gasteiger partial charge on any atom is 0.353 e. The summed E-state index contributed by atoms with van der Waals surface area (Å²) in [6.45, 7) is 10.3. The summed E-state index contributed by atoms with van der Waals surface area (Å²) < 4.78 is 0. The van der Waals surface area contributed by atoms with Crippen LogP contribution in [0.5, 0.6) is 0 Å². The fourth-order valence-corrected chi connectivity index (χ4v) is 3.63.